The summed E-state index contributed by atoms with van der Waals surface area (Å²) < 4.78 is 5.25. The molecular formula is C9H16ClNO2. The Morgan fingerprint density at radius 3 is 3.08 bits per heavy atom. The molecule has 0 aromatic heterocycles. The molecule has 0 aliphatic carbocycles. The van der Waals surface area contributed by atoms with Crippen LogP contribution in [0, 0.1) is 0 Å². The first-order valence-electron chi connectivity index (χ1n) is 4.69. The number of hydrogen-bond acceptors (Lipinski definition) is 2. The van der Waals surface area contributed by atoms with Gasteiger partial charge in [0, 0.05) is 18.8 Å². The first-order chi connectivity index (χ1) is 6.25. The normalized spacial score (nSPS) is 23.2. The van der Waals surface area contributed by atoms with Crippen LogP contribution < -0.4 is 0 Å². The van der Waals surface area contributed by atoms with E-state index in [0.717, 1.165) is 13.0 Å². The average Bonchev–Trinajstić information content (AvgIpc) is 2.15. The maximum atomic E-state index is 11.6. The van der Waals surface area contributed by atoms with Crippen LogP contribution in [0.5, 0.6) is 0 Å². The first-order valence-corrected chi connectivity index (χ1v) is 5.22. The van der Waals surface area contributed by atoms with Crippen molar-refractivity contribution in [3.8, 4) is 0 Å². The minimum absolute atomic E-state index is 0.205. The van der Waals surface area contributed by atoms with E-state index in [1.807, 2.05) is 11.8 Å². The van der Waals surface area contributed by atoms with Gasteiger partial charge in [-0.15, -0.1) is 11.6 Å². The number of nitrogens with zero attached hydrogens (tertiary/aromatic N) is 1. The van der Waals surface area contributed by atoms with Gasteiger partial charge in [0.1, 0.15) is 0 Å². The Labute approximate surface area is 84.0 Å². The predicted octanol–water partition coefficient (Wildman–Crippen LogP) is 1.25. The van der Waals surface area contributed by atoms with E-state index in [4.69, 9.17) is 16.3 Å². The molecule has 1 saturated heterocycles. The van der Waals surface area contributed by atoms with Gasteiger partial charge in [-0.05, 0) is 13.3 Å². The van der Waals surface area contributed by atoms with E-state index in [0.29, 0.717) is 25.5 Å². The number of carbonyl (C=O) groups excluding carboxylic acids is 1. The predicted molar refractivity (Wildman–Crippen MR) is 51.9 cm³/mol. The van der Waals surface area contributed by atoms with Gasteiger partial charge in [0.25, 0.3) is 0 Å². The lowest BCUT2D eigenvalue weighted by molar-refractivity contribution is -0.139. The molecule has 0 aromatic carbocycles. The molecule has 0 unspecified atom stereocenters. The highest BCUT2D eigenvalue weighted by molar-refractivity contribution is 6.17. The van der Waals surface area contributed by atoms with E-state index >= 15 is 0 Å². The average molecular weight is 206 g/mol. The molecule has 0 N–H and O–H groups in total. The Bertz CT molecular complexity index is 175. The van der Waals surface area contributed by atoms with E-state index in [2.05, 4.69) is 0 Å². The lowest BCUT2D eigenvalue weighted by atomic mass is 10.2. The monoisotopic (exact) mass is 205 g/mol. The topological polar surface area (TPSA) is 29.5 Å². The van der Waals surface area contributed by atoms with Gasteiger partial charge in [-0.25, -0.2) is 0 Å². The number of carbonyl (C=O) groups is 1. The molecule has 1 heterocycles. The highest BCUT2D eigenvalue weighted by atomic mass is 35.5. The summed E-state index contributed by atoms with van der Waals surface area (Å²) in [6.45, 7) is 4.06. The van der Waals surface area contributed by atoms with Gasteiger partial charge in [-0.2, -0.15) is 0 Å². The lowest BCUT2D eigenvalue weighted by Gasteiger charge is -2.33. The van der Waals surface area contributed by atoms with Crippen LogP contribution in [0.2, 0.25) is 0 Å². The van der Waals surface area contributed by atoms with Crippen molar-refractivity contribution in [2.24, 2.45) is 0 Å². The Hall–Kier alpha value is -0.280. The molecule has 1 rings (SSSR count). The molecule has 1 aliphatic heterocycles. The van der Waals surface area contributed by atoms with Gasteiger partial charge in [-0.1, -0.05) is 0 Å². The van der Waals surface area contributed by atoms with E-state index in [1.165, 1.54) is 0 Å². The lowest BCUT2D eigenvalue weighted by Crippen LogP contribution is -2.47. The van der Waals surface area contributed by atoms with E-state index in [-0.39, 0.29) is 11.9 Å². The smallest absolute Gasteiger partial charge is 0.223 e. The number of amides is 1. The van der Waals surface area contributed by atoms with Gasteiger partial charge in [0.2, 0.25) is 5.91 Å². The summed E-state index contributed by atoms with van der Waals surface area (Å²) >= 11 is 5.53. The van der Waals surface area contributed by atoms with E-state index in [1.54, 1.807) is 0 Å². The van der Waals surface area contributed by atoms with Crippen LogP contribution in [0.1, 0.15) is 19.8 Å². The Balaban J connectivity index is 2.35. The summed E-state index contributed by atoms with van der Waals surface area (Å²) in [5.74, 6) is 0.765. The summed E-state index contributed by atoms with van der Waals surface area (Å²) in [6, 6.07) is 0.219. The number of morpholine rings is 1. The summed E-state index contributed by atoms with van der Waals surface area (Å²) in [4.78, 5) is 13.5. The zero-order valence-corrected chi connectivity index (χ0v) is 8.72. The summed E-state index contributed by atoms with van der Waals surface area (Å²) in [5, 5.41) is 0. The molecular weight excluding hydrogens is 190 g/mol. The molecule has 0 saturated carbocycles. The highest BCUT2D eigenvalue weighted by Gasteiger charge is 2.22. The molecule has 0 radical (unpaired) electrons. The Kier molecular flexibility index (Phi) is 4.53. The van der Waals surface area contributed by atoms with Crippen LogP contribution in [-0.4, -0.2) is 42.5 Å². The number of alkyl halides is 1. The fourth-order valence-corrected chi connectivity index (χ4v) is 1.59. The Morgan fingerprint density at radius 2 is 2.46 bits per heavy atom. The summed E-state index contributed by atoms with van der Waals surface area (Å²) in [5.41, 5.74) is 0. The van der Waals surface area contributed by atoms with Gasteiger partial charge < -0.3 is 9.64 Å². The van der Waals surface area contributed by atoms with Crippen molar-refractivity contribution in [3.63, 3.8) is 0 Å². The maximum Gasteiger partial charge on any atom is 0.223 e. The maximum absolute atomic E-state index is 11.6. The highest BCUT2D eigenvalue weighted by Crippen LogP contribution is 2.09. The second-order valence-corrected chi connectivity index (χ2v) is 3.68. The molecule has 0 bridgehead atoms. The third-order valence-corrected chi connectivity index (χ3v) is 2.48. The van der Waals surface area contributed by atoms with Crippen molar-refractivity contribution in [1.82, 2.24) is 4.90 Å². The van der Waals surface area contributed by atoms with Crippen molar-refractivity contribution in [1.29, 1.82) is 0 Å². The largest absolute Gasteiger partial charge is 0.377 e. The fraction of sp³-hybridized carbons (Fsp3) is 0.889. The van der Waals surface area contributed by atoms with Gasteiger partial charge in [-0.3, -0.25) is 4.79 Å². The van der Waals surface area contributed by atoms with Crippen molar-refractivity contribution in [3.05, 3.63) is 0 Å². The van der Waals surface area contributed by atoms with Crippen LogP contribution >= 0.6 is 11.6 Å². The van der Waals surface area contributed by atoms with Crippen LogP contribution in [0.3, 0.4) is 0 Å². The number of rotatable bonds is 3. The van der Waals surface area contributed by atoms with E-state index < -0.39 is 0 Å². The van der Waals surface area contributed by atoms with Gasteiger partial charge in [0.05, 0.1) is 19.3 Å². The van der Waals surface area contributed by atoms with Crippen molar-refractivity contribution in [2.75, 3.05) is 25.6 Å². The van der Waals surface area contributed by atoms with Crippen LogP contribution in [0.15, 0.2) is 0 Å². The van der Waals surface area contributed by atoms with Crippen molar-refractivity contribution < 1.29 is 9.53 Å². The zero-order chi connectivity index (χ0) is 9.68. The first kappa shape index (κ1) is 10.8. The standard InChI is InChI=1S/C9H16ClNO2/c1-8-7-13-6-5-11(8)9(12)3-2-4-10/h8H,2-7H2,1H3/t8-/m1/s1. The minimum Gasteiger partial charge on any atom is -0.377 e. The minimum atomic E-state index is 0.205. The molecule has 1 aliphatic rings. The van der Waals surface area contributed by atoms with Crippen LogP contribution in [0.25, 0.3) is 0 Å². The number of ether oxygens (including phenoxy) is 1. The van der Waals surface area contributed by atoms with Crippen molar-refractivity contribution in [2.45, 2.75) is 25.8 Å². The quantitative estimate of drug-likeness (QED) is 0.650. The number of halogens is 1. The molecule has 1 amide bonds. The molecule has 0 spiro atoms. The summed E-state index contributed by atoms with van der Waals surface area (Å²) in [6.07, 6.45) is 1.33. The SMILES string of the molecule is C[C@@H]1COCCN1C(=O)CCCCl. The third-order valence-electron chi connectivity index (χ3n) is 2.21. The molecule has 1 fully saturated rings. The summed E-state index contributed by atoms with van der Waals surface area (Å²) in [7, 11) is 0. The Morgan fingerprint density at radius 1 is 1.69 bits per heavy atom. The molecule has 13 heavy (non-hydrogen) atoms. The zero-order valence-electron chi connectivity index (χ0n) is 7.96. The van der Waals surface area contributed by atoms with Gasteiger partial charge in [0.15, 0.2) is 0 Å². The van der Waals surface area contributed by atoms with Gasteiger partial charge >= 0.3 is 0 Å². The molecule has 76 valence electrons. The number of hydrogen-bond donors (Lipinski definition) is 0. The van der Waals surface area contributed by atoms with Crippen LogP contribution in [0.4, 0.5) is 0 Å². The third kappa shape index (κ3) is 3.16. The molecule has 3 nitrogen and oxygen atoms in total. The molecule has 4 heteroatoms. The fourth-order valence-electron chi connectivity index (χ4n) is 1.46. The second-order valence-electron chi connectivity index (χ2n) is 3.30. The van der Waals surface area contributed by atoms with E-state index in [9.17, 15) is 4.79 Å². The molecule has 0 aromatic rings. The van der Waals surface area contributed by atoms with Crippen LogP contribution in [-0.2, 0) is 9.53 Å². The molecule has 1 atom stereocenters. The second kappa shape index (κ2) is 5.45. The van der Waals surface area contributed by atoms with Crippen molar-refractivity contribution >= 4 is 17.5 Å².